The number of ether oxygens (including phenoxy) is 5. The topological polar surface area (TPSA) is 194 Å². The van der Waals surface area contributed by atoms with Crippen molar-refractivity contribution in [1.82, 2.24) is 4.90 Å². The Hall–Kier alpha value is -4.44. The van der Waals surface area contributed by atoms with Crippen LogP contribution in [0.25, 0.3) is 11.6 Å². The molecule has 0 aromatic heterocycles. The molecule has 2 bridgehead atoms. The summed E-state index contributed by atoms with van der Waals surface area (Å²) in [6, 6.07) is 4.02. The van der Waals surface area contributed by atoms with Crippen LogP contribution in [0.15, 0.2) is 34.0 Å². The highest BCUT2D eigenvalue weighted by Crippen LogP contribution is 2.57. The van der Waals surface area contributed by atoms with Gasteiger partial charge in [0.2, 0.25) is 5.76 Å². The fourth-order valence-corrected chi connectivity index (χ4v) is 10.4. The number of carbonyl (C=O) groups is 3. The molecule has 0 radical (unpaired) electrons. The summed E-state index contributed by atoms with van der Waals surface area (Å²) in [5.74, 6) is -2.84. The maximum atomic E-state index is 14.4. The average molecular weight is 843 g/mol. The molecule has 6 aliphatic rings. The molecule has 5 heterocycles. The number of allylic oxidation sites excluding steroid dienone is 3. The monoisotopic (exact) mass is 842 g/mol. The molecule has 14 heteroatoms. The summed E-state index contributed by atoms with van der Waals surface area (Å²) in [5.41, 5.74) is 2.30. The lowest BCUT2D eigenvalue weighted by atomic mass is 9.70. The summed E-state index contributed by atoms with van der Waals surface area (Å²) < 4.78 is 30.7. The van der Waals surface area contributed by atoms with Crippen LogP contribution in [0.4, 0.5) is 0 Å². The molecule has 5 aliphatic heterocycles. The molecule has 14 nitrogen and oxygen atoms in total. The van der Waals surface area contributed by atoms with Gasteiger partial charge in [-0.25, -0.2) is 4.79 Å². The number of likely N-dealkylation sites (tertiary alicyclic amines) is 1. The predicted molar refractivity (Wildman–Crippen MR) is 223 cm³/mol. The zero-order valence-corrected chi connectivity index (χ0v) is 35.4. The number of hydrogen-bond donors (Lipinski definition) is 4. The van der Waals surface area contributed by atoms with Crippen molar-refractivity contribution >= 4 is 29.7 Å². The summed E-state index contributed by atoms with van der Waals surface area (Å²) in [7, 11) is 1.70. The van der Waals surface area contributed by atoms with Crippen molar-refractivity contribution in [1.29, 1.82) is 0 Å². The van der Waals surface area contributed by atoms with Crippen molar-refractivity contribution in [3.8, 4) is 17.2 Å². The van der Waals surface area contributed by atoms with E-state index in [1.54, 1.807) is 21.0 Å². The highest BCUT2D eigenvalue weighted by molar-refractivity contribution is 6.11. The number of aldehydes is 1. The van der Waals surface area contributed by atoms with Crippen LogP contribution in [0.1, 0.15) is 86.1 Å². The minimum Gasteiger partial charge on any atom is -0.492 e. The van der Waals surface area contributed by atoms with Gasteiger partial charge in [0.15, 0.2) is 6.29 Å². The van der Waals surface area contributed by atoms with Crippen molar-refractivity contribution in [3.05, 3.63) is 67.4 Å². The molecule has 0 spiro atoms. The molecule has 1 saturated heterocycles. The number of aryl methyl sites for hydroxylation is 1. The van der Waals surface area contributed by atoms with Crippen LogP contribution in [0.2, 0.25) is 0 Å². The SMILES string of the molecule is CCOC(=O)C1=C(C=O)C2=C3CC(CO)C(=O)C(C3)c3cc4c(cc3CCC(CO)COc3c5c(c(CO)c(c32)O1)OC(C(C)(O)C1CCN(CCCOC)CC1)C5)=NCC=4. The van der Waals surface area contributed by atoms with Gasteiger partial charge < -0.3 is 49.0 Å². The molecule has 1 saturated carbocycles. The normalized spacial score (nSPS) is 24.8. The first-order valence-corrected chi connectivity index (χ1v) is 21.8. The Morgan fingerprint density at radius 2 is 1.87 bits per heavy atom. The Kier molecular flexibility index (Phi) is 12.8. The van der Waals surface area contributed by atoms with Crippen molar-refractivity contribution in [3.63, 3.8) is 0 Å². The highest BCUT2D eigenvalue weighted by atomic mass is 16.6. The summed E-state index contributed by atoms with van der Waals surface area (Å²) in [6.45, 7) is 5.98. The number of Topliss-reactive ketones (excluding diaryl/α,β-unsaturated/α-hetero) is 1. The van der Waals surface area contributed by atoms with Gasteiger partial charge in [0.25, 0.3) is 0 Å². The van der Waals surface area contributed by atoms with E-state index < -0.39 is 42.7 Å². The number of rotatable bonds is 12. The number of carbonyl (C=O) groups excluding carboxylic acids is 3. The Labute approximate surface area is 355 Å². The van der Waals surface area contributed by atoms with Crippen LogP contribution in [0.3, 0.4) is 0 Å². The van der Waals surface area contributed by atoms with Crippen molar-refractivity contribution in [2.24, 2.45) is 22.7 Å². The molecule has 61 heavy (non-hydrogen) atoms. The number of esters is 1. The fraction of sp³-hybridized carbons (Fsp3) is 0.574. The molecule has 2 aromatic rings. The van der Waals surface area contributed by atoms with E-state index in [0.717, 1.165) is 60.6 Å². The highest BCUT2D eigenvalue weighted by Gasteiger charge is 2.49. The molecule has 1 aliphatic carbocycles. The fourth-order valence-electron chi connectivity index (χ4n) is 10.4. The summed E-state index contributed by atoms with van der Waals surface area (Å²) in [6.07, 6.45) is 5.67. The lowest BCUT2D eigenvalue weighted by Crippen LogP contribution is -2.52. The zero-order chi connectivity index (χ0) is 43.0. The van der Waals surface area contributed by atoms with E-state index in [0.29, 0.717) is 54.6 Å². The number of methoxy groups -OCH3 is 1. The lowest BCUT2D eigenvalue weighted by Gasteiger charge is -2.42. The molecule has 2 fully saturated rings. The molecule has 2 aromatic carbocycles. The molecule has 0 amide bonds. The third-order valence-corrected chi connectivity index (χ3v) is 13.8. The predicted octanol–water partition coefficient (Wildman–Crippen LogP) is 2.25. The summed E-state index contributed by atoms with van der Waals surface area (Å²) >= 11 is 0. The van der Waals surface area contributed by atoms with Crippen molar-refractivity contribution in [2.45, 2.75) is 89.4 Å². The van der Waals surface area contributed by atoms with Gasteiger partial charge in [0.1, 0.15) is 34.7 Å². The molecular weight excluding hydrogens is 785 g/mol. The molecule has 8 rings (SSSR count). The van der Waals surface area contributed by atoms with Crippen LogP contribution < -0.4 is 24.8 Å². The summed E-state index contributed by atoms with van der Waals surface area (Å²) in [4.78, 5) is 48.7. The second-order valence-electron chi connectivity index (χ2n) is 17.4. The third kappa shape index (κ3) is 7.95. The first-order chi connectivity index (χ1) is 29.6. The largest absolute Gasteiger partial charge is 0.492 e. The molecule has 328 valence electrons. The van der Waals surface area contributed by atoms with Gasteiger partial charge in [-0.1, -0.05) is 11.6 Å². The van der Waals surface area contributed by atoms with Gasteiger partial charge in [-0.15, -0.1) is 0 Å². The lowest BCUT2D eigenvalue weighted by molar-refractivity contribution is -0.141. The van der Waals surface area contributed by atoms with E-state index in [-0.39, 0.29) is 90.8 Å². The van der Waals surface area contributed by atoms with E-state index in [1.165, 1.54) is 0 Å². The van der Waals surface area contributed by atoms with E-state index >= 15 is 0 Å². The number of piperidine rings is 1. The van der Waals surface area contributed by atoms with Crippen LogP contribution in [-0.2, 0) is 43.3 Å². The second kappa shape index (κ2) is 18.1. The molecule has 5 atom stereocenters. The van der Waals surface area contributed by atoms with Crippen molar-refractivity contribution < 1.29 is 58.5 Å². The van der Waals surface area contributed by atoms with Crippen LogP contribution in [-0.4, -0.2) is 121 Å². The quantitative estimate of drug-likeness (QED) is 0.138. The number of ketones is 1. The van der Waals surface area contributed by atoms with Gasteiger partial charge in [-0.3, -0.25) is 14.6 Å². The van der Waals surface area contributed by atoms with Crippen LogP contribution in [0.5, 0.6) is 17.2 Å². The third-order valence-electron chi connectivity index (χ3n) is 13.8. The smallest absolute Gasteiger partial charge is 0.375 e. The Balaban J connectivity index is 1.31. The second-order valence-corrected chi connectivity index (χ2v) is 17.4. The van der Waals surface area contributed by atoms with Gasteiger partial charge >= 0.3 is 5.97 Å². The number of aliphatic hydroxyl groups excluding tert-OH is 3. The first-order valence-electron chi connectivity index (χ1n) is 21.8. The van der Waals surface area contributed by atoms with Crippen LogP contribution >= 0.6 is 0 Å². The molecule has 5 unspecified atom stereocenters. The van der Waals surface area contributed by atoms with Crippen molar-refractivity contribution in [2.75, 3.05) is 66.3 Å². The number of fused-ring (bicyclic) bond motifs is 7. The standard InChI is InChI=1S/C47H58N2O12/c1-4-58-46(55)45-35(23-52)39-29-16-30(22-51)41(54)33(18-29)32-17-28-8-11-48-37(28)19-27(32)7-6-26(21-50)25-59-43-34-20-38(60-42(34)36(24-53)44(61-45)40(39)43)47(2,56)31-9-13-49(14-10-31)12-5-15-57-3/h8,17,19,23,26,30-31,33,38,50-51,53,56H,4-7,9-16,18,20-22,24-25H2,1-3H3. The maximum absolute atomic E-state index is 14.4. The average Bonchev–Trinajstić information content (AvgIpc) is 3.93. The van der Waals surface area contributed by atoms with Crippen LogP contribution in [0, 0.1) is 17.8 Å². The maximum Gasteiger partial charge on any atom is 0.375 e. The van der Waals surface area contributed by atoms with E-state index in [4.69, 9.17) is 23.7 Å². The van der Waals surface area contributed by atoms with E-state index in [9.17, 15) is 34.8 Å². The van der Waals surface area contributed by atoms with Gasteiger partial charge in [0, 0.05) is 62.2 Å². The Morgan fingerprint density at radius 3 is 2.57 bits per heavy atom. The molecule has 4 N–H and O–H groups in total. The Bertz CT molecular complexity index is 2250. The number of aliphatic hydroxyl groups is 4. The summed E-state index contributed by atoms with van der Waals surface area (Å²) in [5, 5.41) is 46.9. The number of hydrogen-bond acceptors (Lipinski definition) is 14. The Morgan fingerprint density at radius 1 is 1.07 bits per heavy atom. The van der Waals surface area contributed by atoms with Gasteiger partial charge in [-0.05, 0) is 106 Å². The zero-order valence-electron chi connectivity index (χ0n) is 35.4. The number of benzene rings is 2. The minimum absolute atomic E-state index is 0.00985. The van der Waals surface area contributed by atoms with E-state index in [2.05, 4.69) is 9.89 Å². The molecular formula is C47H58N2O12. The van der Waals surface area contributed by atoms with E-state index in [1.807, 2.05) is 18.2 Å². The minimum atomic E-state index is -1.31. The first kappa shape index (κ1) is 43.2. The van der Waals surface area contributed by atoms with Gasteiger partial charge in [0.05, 0.1) is 55.0 Å². The van der Waals surface area contributed by atoms with Gasteiger partial charge in [-0.2, -0.15) is 0 Å². The number of nitrogens with zero attached hydrogens (tertiary/aromatic N) is 2.